The largest absolute Gasteiger partial charge is 0.330 e. The van der Waals surface area contributed by atoms with Gasteiger partial charge < -0.3 is 4.90 Å². The fraction of sp³-hybridized carbons (Fsp3) is 0.136. The molecule has 2 unspecified atom stereocenters. The average Bonchev–Trinajstić information content (AvgIpc) is 2.66. The number of nitrogens with zero attached hydrogens (tertiary/aromatic N) is 1. The fourth-order valence-corrected chi connectivity index (χ4v) is 3.65. The SMILES string of the molecule is O=C1C(c2ccccc2)C(c2ccc(Cl)cc2)N1Cc1ccccc1. The Kier molecular flexibility index (Phi) is 4.29. The van der Waals surface area contributed by atoms with Gasteiger partial charge in [0.25, 0.3) is 0 Å². The summed E-state index contributed by atoms with van der Waals surface area (Å²) in [6.07, 6.45) is 0. The standard InChI is InChI=1S/C22H18ClNO/c23-19-13-11-18(12-14-19)21-20(17-9-5-2-6-10-17)22(25)24(21)15-16-7-3-1-4-8-16/h1-14,20-21H,15H2. The van der Waals surface area contributed by atoms with Crippen molar-refractivity contribution in [3.63, 3.8) is 0 Å². The number of benzene rings is 3. The topological polar surface area (TPSA) is 20.3 Å². The van der Waals surface area contributed by atoms with Gasteiger partial charge in [0, 0.05) is 11.6 Å². The van der Waals surface area contributed by atoms with E-state index in [4.69, 9.17) is 11.6 Å². The van der Waals surface area contributed by atoms with Gasteiger partial charge in [-0.05, 0) is 28.8 Å². The molecule has 1 saturated heterocycles. The molecular formula is C22H18ClNO. The van der Waals surface area contributed by atoms with Crippen LogP contribution in [0, 0.1) is 0 Å². The van der Waals surface area contributed by atoms with Crippen LogP contribution >= 0.6 is 11.6 Å². The summed E-state index contributed by atoms with van der Waals surface area (Å²) in [7, 11) is 0. The zero-order chi connectivity index (χ0) is 17.2. The molecule has 2 atom stereocenters. The normalized spacial score (nSPS) is 19.6. The maximum atomic E-state index is 12.9. The Morgan fingerprint density at radius 1 is 0.760 bits per heavy atom. The molecule has 124 valence electrons. The Labute approximate surface area is 152 Å². The second-order valence-corrected chi connectivity index (χ2v) is 6.77. The second-order valence-electron chi connectivity index (χ2n) is 6.34. The van der Waals surface area contributed by atoms with Gasteiger partial charge in [-0.3, -0.25) is 4.79 Å². The van der Waals surface area contributed by atoms with Crippen LogP contribution in [0.2, 0.25) is 5.02 Å². The predicted octanol–water partition coefficient (Wildman–Crippen LogP) is 5.21. The highest BCUT2D eigenvalue weighted by molar-refractivity contribution is 6.30. The molecule has 1 fully saturated rings. The molecule has 1 aliphatic heterocycles. The van der Waals surface area contributed by atoms with Gasteiger partial charge in [0.15, 0.2) is 0 Å². The van der Waals surface area contributed by atoms with Gasteiger partial charge in [-0.25, -0.2) is 0 Å². The number of amides is 1. The number of hydrogen-bond acceptors (Lipinski definition) is 1. The van der Waals surface area contributed by atoms with E-state index in [0.29, 0.717) is 11.6 Å². The van der Waals surface area contributed by atoms with E-state index in [2.05, 4.69) is 12.1 Å². The van der Waals surface area contributed by atoms with E-state index in [1.807, 2.05) is 77.7 Å². The molecule has 25 heavy (non-hydrogen) atoms. The molecule has 3 aromatic carbocycles. The number of rotatable bonds is 4. The van der Waals surface area contributed by atoms with Gasteiger partial charge in [-0.15, -0.1) is 0 Å². The maximum Gasteiger partial charge on any atom is 0.233 e. The van der Waals surface area contributed by atoms with E-state index in [1.165, 1.54) is 0 Å². The summed E-state index contributed by atoms with van der Waals surface area (Å²) in [6.45, 7) is 0.621. The number of carbonyl (C=O) groups is 1. The van der Waals surface area contributed by atoms with E-state index in [0.717, 1.165) is 16.7 Å². The van der Waals surface area contributed by atoms with Crippen molar-refractivity contribution in [3.05, 3.63) is 107 Å². The third kappa shape index (κ3) is 3.06. The molecule has 0 spiro atoms. The first-order valence-corrected chi connectivity index (χ1v) is 8.76. The van der Waals surface area contributed by atoms with Crippen molar-refractivity contribution in [2.75, 3.05) is 0 Å². The van der Waals surface area contributed by atoms with Crippen LogP contribution in [0.1, 0.15) is 28.7 Å². The third-order valence-corrected chi connectivity index (χ3v) is 5.02. The lowest BCUT2D eigenvalue weighted by molar-refractivity contribution is -0.151. The lowest BCUT2D eigenvalue weighted by Crippen LogP contribution is -2.52. The van der Waals surface area contributed by atoms with Crippen molar-refractivity contribution in [1.29, 1.82) is 0 Å². The van der Waals surface area contributed by atoms with Crippen LogP contribution in [0.25, 0.3) is 0 Å². The molecule has 3 aromatic rings. The molecule has 1 aliphatic rings. The molecule has 0 saturated carbocycles. The summed E-state index contributed by atoms with van der Waals surface area (Å²) in [5.74, 6) is 0.0427. The molecule has 1 amide bonds. The Morgan fingerprint density at radius 2 is 1.36 bits per heavy atom. The quantitative estimate of drug-likeness (QED) is 0.593. The predicted molar refractivity (Wildman–Crippen MR) is 100 cm³/mol. The average molecular weight is 348 g/mol. The van der Waals surface area contributed by atoms with E-state index < -0.39 is 0 Å². The smallest absolute Gasteiger partial charge is 0.233 e. The van der Waals surface area contributed by atoms with Crippen molar-refractivity contribution in [2.45, 2.75) is 18.5 Å². The first kappa shape index (κ1) is 15.9. The van der Waals surface area contributed by atoms with E-state index in [9.17, 15) is 4.79 Å². The van der Waals surface area contributed by atoms with Crippen molar-refractivity contribution >= 4 is 17.5 Å². The highest BCUT2D eigenvalue weighted by atomic mass is 35.5. The monoisotopic (exact) mass is 347 g/mol. The molecule has 2 nitrogen and oxygen atoms in total. The number of likely N-dealkylation sites (tertiary alicyclic amines) is 1. The van der Waals surface area contributed by atoms with Crippen molar-refractivity contribution in [1.82, 2.24) is 4.90 Å². The number of carbonyl (C=O) groups excluding carboxylic acids is 1. The number of halogens is 1. The minimum Gasteiger partial charge on any atom is -0.330 e. The summed E-state index contributed by atoms with van der Waals surface area (Å²) in [6, 6.07) is 28.0. The molecule has 4 rings (SSSR count). The van der Waals surface area contributed by atoms with E-state index >= 15 is 0 Å². The van der Waals surface area contributed by atoms with Crippen LogP contribution in [0.15, 0.2) is 84.9 Å². The molecule has 0 bridgehead atoms. The minimum atomic E-state index is -0.133. The van der Waals surface area contributed by atoms with Crippen molar-refractivity contribution < 1.29 is 4.79 Å². The molecule has 1 heterocycles. The van der Waals surface area contributed by atoms with Crippen molar-refractivity contribution in [3.8, 4) is 0 Å². The number of β-lactam (4-membered cyclic amide) rings is 1. The summed E-state index contributed by atoms with van der Waals surface area (Å²) in [5.41, 5.74) is 3.33. The van der Waals surface area contributed by atoms with Gasteiger partial charge in [0.2, 0.25) is 5.91 Å². The van der Waals surface area contributed by atoms with Gasteiger partial charge in [-0.1, -0.05) is 84.4 Å². The van der Waals surface area contributed by atoms with Crippen LogP contribution in [0.5, 0.6) is 0 Å². The van der Waals surface area contributed by atoms with Crippen LogP contribution in [-0.4, -0.2) is 10.8 Å². The highest BCUT2D eigenvalue weighted by Crippen LogP contribution is 2.47. The maximum absolute atomic E-state index is 12.9. The van der Waals surface area contributed by atoms with Crippen molar-refractivity contribution in [2.24, 2.45) is 0 Å². The lowest BCUT2D eigenvalue weighted by Gasteiger charge is -2.48. The van der Waals surface area contributed by atoms with Gasteiger partial charge in [0.05, 0.1) is 12.0 Å². The summed E-state index contributed by atoms with van der Waals surface area (Å²) in [5, 5.41) is 0.709. The van der Waals surface area contributed by atoms with Crippen LogP contribution in [0.4, 0.5) is 0 Å². The molecule has 3 heteroatoms. The molecule has 0 aliphatic carbocycles. The molecular weight excluding hydrogens is 330 g/mol. The van der Waals surface area contributed by atoms with E-state index in [1.54, 1.807) is 0 Å². The Bertz CT molecular complexity index is 862. The van der Waals surface area contributed by atoms with Gasteiger partial charge >= 0.3 is 0 Å². The van der Waals surface area contributed by atoms with Gasteiger partial charge in [0.1, 0.15) is 0 Å². The number of hydrogen-bond donors (Lipinski definition) is 0. The molecule has 0 N–H and O–H groups in total. The summed E-state index contributed by atoms with van der Waals surface area (Å²) < 4.78 is 0. The second kappa shape index (κ2) is 6.73. The Hall–Kier alpha value is -2.58. The van der Waals surface area contributed by atoms with Gasteiger partial charge in [-0.2, -0.15) is 0 Å². The van der Waals surface area contributed by atoms with E-state index in [-0.39, 0.29) is 17.9 Å². The molecule has 0 radical (unpaired) electrons. The zero-order valence-electron chi connectivity index (χ0n) is 13.7. The zero-order valence-corrected chi connectivity index (χ0v) is 14.4. The fourth-order valence-electron chi connectivity index (χ4n) is 3.52. The first-order valence-electron chi connectivity index (χ1n) is 8.39. The van der Waals surface area contributed by atoms with Crippen LogP contribution in [0.3, 0.4) is 0 Å². The lowest BCUT2D eigenvalue weighted by atomic mass is 9.77. The first-order chi connectivity index (χ1) is 12.2. The minimum absolute atomic E-state index is 0.0346. The van der Waals surface area contributed by atoms with Crippen LogP contribution in [-0.2, 0) is 11.3 Å². The Morgan fingerprint density at radius 3 is 2.00 bits per heavy atom. The summed E-state index contributed by atoms with van der Waals surface area (Å²) >= 11 is 6.05. The molecule has 0 aromatic heterocycles. The third-order valence-electron chi connectivity index (χ3n) is 4.77. The Balaban J connectivity index is 1.68. The summed E-state index contributed by atoms with van der Waals surface area (Å²) in [4.78, 5) is 14.9. The van der Waals surface area contributed by atoms with Crippen LogP contribution < -0.4 is 0 Å². The highest BCUT2D eigenvalue weighted by Gasteiger charge is 2.48.